The van der Waals surface area contributed by atoms with E-state index in [2.05, 4.69) is 4.28 Å². The number of amides is 3. The number of benzene rings is 2. The molecule has 0 bridgehead atoms. The van der Waals surface area contributed by atoms with Crippen molar-refractivity contribution in [2.75, 3.05) is 0 Å². The summed E-state index contributed by atoms with van der Waals surface area (Å²) >= 11 is 0. The maximum atomic E-state index is 14.7. The van der Waals surface area contributed by atoms with Gasteiger partial charge in [0.15, 0.2) is 0 Å². The molecule has 0 fully saturated rings. The third-order valence-corrected chi connectivity index (χ3v) is 6.70. The predicted octanol–water partition coefficient (Wildman–Crippen LogP) is 2.90. The highest BCUT2D eigenvalue weighted by molar-refractivity contribution is 7.88. The number of carbonyl (C=O) groups is 3. The summed E-state index contributed by atoms with van der Waals surface area (Å²) in [5.41, 5.74) is 0.0457. The van der Waals surface area contributed by atoms with E-state index in [9.17, 15) is 31.6 Å². The Labute approximate surface area is 200 Å². The molecule has 8 nitrogen and oxygen atoms in total. The van der Waals surface area contributed by atoms with Gasteiger partial charge in [0.25, 0.3) is 11.8 Å². The zero-order chi connectivity index (χ0) is 25.4. The Balaban J connectivity index is 1.64. The second-order valence-electron chi connectivity index (χ2n) is 8.11. The van der Waals surface area contributed by atoms with Crippen molar-refractivity contribution in [2.24, 2.45) is 5.92 Å². The minimum absolute atomic E-state index is 0.0144. The van der Waals surface area contributed by atoms with Gasteiger partial charge in [0, 0.05) is 6.04 Å². The van der Waals surface area contributed by atoms with E-state index in [-0.39, 0.29) is 33.3 Å². The molecule has 0 spiro atoms. The number of nitrogens with one attached hydrogen (secondary N) is 1. The second-order valence-corrected chi connectivity index (χ2v) is 9.68. The van der Waals surface area contributed by atoms with Gasteiger partial charge in [-0.2, -0.15) is 17.2 Å². The first-order valence-electron chi connectivity index (χ1n) is 10.6. The highest BCUT2D eigenvalue weighted by atomic mass is 32.2. The zero-order valence-corrected chi connectivity index (χ0v) is 19.2. The zero-order valence-electron chi connectivity index (χ0n) is 18.4. The first-order chi connectivity index (χ1) is 16.5. The molecular formula is C24H20F2N2O6S. The number of nitrogens with zero attached hydrogens (tertiary/aromatic N) is 1. The van der Waals surface area contributed by atoms with E-state index in [1.807, 2.05) is 5.32 Å². The van der Waals surface area contributed by atoms with Crippen molar-refractivity contribution in [2.45, 2.75) is 24.6 Å². The average Bonchev–Trinajstić information content (AvgIpc) is 3.35. The highest BCUT2D eigenvalue weighted by Crippen LogP contribution is 2.37. The molecule has 2 aromatic rings. The van der Waals surface area contributed by atoms with Crippen LogP contribution in [0.1, 0.15) is 24.5 Å². The lowest BCUT2D eigenvalue weighted by molar-refractivity contribution is -0.163. The van der Waals surface area contributed by atoms with Crippen LogP contribution in [0.25, 0.3) is 11.1 Å². The van der Waals surface area contributed by atoms with Crippen LogP contribution in [0, 0.1) is 5.92 Å². The van der Waals surface area contributed by atoms with Gasteiger partial charge in [-0.25, -0.2) is 0 Å². The number of rotatable bonds is 7. The molecule has 182 valence electrons. The first-order valence-corrected chi connectivity index (χ1v) is 12.0. The molecule has 1 aliphatic carbocycles. The normalized spacial score (nSPS) is 20.6. The number of imide groups is 1. The summed E-state index contributed by atoms with van der Waals surface area (Å²) in [5, 5.41) is -3.39. The van der Waals surface area contributed by atoms with Gasteiger partial charge < -0.3 is 5.32 Å². The van der Waals surface area contributed by atoms with Gasteiger partial charge in [0.05, 0.1) is 11.1 Å². The summed E-state index contributed by atoms with van der Waals surface area (Å²) in [7, 11) is -6.09. The van der Waals surface area contributed by atoms with E-state index in [0.29, 0.717) is 6.42 Å². The monoisotopic (exact) mass is 502 g/mol. The van der Waals surface area contributed by atoms with Gasteiger partial charge in [-0.15, -0.1) is 9.35 Å². The Hall–Kier alpha value is -3.70. The maximum absolute atomic E-state index is 14.7. The van der Waals surface area contributed by atoms with Crippen molar-refractivity contribution in [1.29, 1.82) is 0 Å². The fourth-order valence-electron chi connectivity index (χ4n) is 3.82. The Kier molecular flexibility index (Phi) is 6.39. The summed E-state index contributed by atoms with van der Waals surface area (Å²) < 4.78 is 58.6. The van der Waals surface area contributed by atoms with Gasteiger partial charge in [0.2, 0.25) is 0 Å². The Morgan fingerprint density at radius 3 is 1.86 bits per heavy atom. The summed E-state index contributed by atoms with van der Waals surface area (Å²) in [4.78, 5) is 38.3. The molecule has 0 saturated heterocycles. The molecule has 11 heteroatoms. The van der Waals surface area contributed by atoms with Crippen LogP contribution in [0.15, 0.2) is 72.8 Å². The summed E-state index contributed by atoms with van der Waals surface area (Å²) in [6.07, 6.45) is 3.48. The van der Waals surface area contributed by atoms with Gasteiger partial charge >= 0.3 is 21.3 Å². The summed E-state index contributed by atoms with van der Waals surface area (Å²) in [6, 6.07) is 14.9. The van der Waals surface area contributed by atoms with Crippen LogP contribution in [0.3, 0.4) is 0 Å². The van der Waals surface area contributed by atoms with Crippen molar-refractivity contribution < 1.29 is 35.9 Å². The number of allylic oxidation sites excluding steroid dienone is 1. The Bertz CT molecular complexity index is 1280. The molecule has 2 aromatic carbocycles. The van der Waals surface area contributed by atoms with Crippen LogP contribution < -0.4 is 5.32 Å². The molecule has 2 atom stereocenters. The molecule has 4 rings (SSSR count). The smallest absolute Gasteiger partial charge is 0.344 e. The quantitative estimate of drug-likeness (QED) is 0.461. The maximum Gasteiger partial charge on any atom is 0.448 e. The first kappa shape index (κ1) is 24.4. The molecule has 35 heavy (non-hydrogen) atoms. The van der Waals surface area contributed by atoms with Crippen molar-refractivity contribution in [3.8, 4) is 0 Å². The van der Waals surface area contributed by atoms with Crippen LogP contribution in [0.5, 0.6) is 0 Å². The predicted molar refractivity (Wildman–Crippen MR) is 121 cm³/mol. The highest BCUT2D eigenvalue weighted by Gasteiger charge is 2.58. The lowest BCUT2D eigenvalue weighted by atomic mass is 9.96. The van der Waals surface area contributed by atoms with E-state index in [1.54, 1.807) is 49.4 Å². The van der Waals surface area contributed by atoms with Crippen LogP contribution in [-0.4, -0.2) is 42.5 Å². The molecule has 1 aliphatic heterocycles. The number of hydrogen-bond donors (Lipinski definition) is 1. The number of hydrogen-bond acceptors (Lipinski definition) is 6. The second kappa shape index (κ2) is 9.16. The molecule has 2 aliphatic rings. The fourth-order valence-corrected chi connectivity index (χ4v) is 4.53. The van der Waals surface area contributed by atoms with Gasteiger partial charge in [-0.3, -0.25) is 14.4 Å². The van der Waals surface area contributed by atoms with Gasteiger partial charge in [-0.05, 0) is 23.5 Å². The fraction of sp³-hybridized carbons (Fsp3) is 0.208. The molecule has 1 N–H and O–H groups in total. The Morgan fingerprint density at radius 2 is 1.43 bits per heavy atom. The van der Waals surface area contributed by atoms with Crippen molar-refractivity contribution in [3.05, 3.63) is 83.9 Å². The van der Waals surface area contributed by atoms with Crippen molar-refractivity contribution in [3.63, 3.8) is 0 Å². The van der Waals surface area contributed by atoms with Crippen molar-refractivity contribution in [1.82, 2.24) is 10.4 Å². The van der Waals surface area contributed by atoms with Crippen molar-refractivity contribution >= 4 is 39.0 Å². The third kappa shape index (κ3) is 4.52. The largest absolute Gasteiger partial charge is 0.448 e. The van der Waals surface area contributed by atoms with Crippen LogP contribution >= 0.6 is 0 Å². The van der Waals surface area contributed by atoms with Crippen LogP contribution in [0.2, 0.25) is 0 Å². The third-order valence-electron chi connectivity index (χ3n) is 5.54. The minimum atomic E-state index is -6.09. The molecular weight excluding hydrogens is 482 g/mol. The van der Waals surface area contributed by atoms with E-state index >= 15 is 0 Å². The van der Waals surface area contributed by atoms with E-state index < -0.39 is 39.1 Å². The summed E-state index contributed by atoms with van der Waals surface area (Å²) in [6.45, 7) is 1.80. The SMILES string of the molecule is CC1C=CC(NC(=O)C(F)(F)S(=O)(=O)ON2C(=O)C(c3ccccc3)=C(c3ccccc3)C2=O)C1. The van der Waals surface area contributed by atoms with Crippen LogP contribution in [0.4, 0.5) is 8.78 Å². The molecule has 0 aromatic heterocycles. The van der Waals surface area contributed by atoms with E-state index in [1.165, 1.54) is 30.3 Å². The van der Waals surface area contributed by atoms with E-state index in [0.717, 1.165) is 0 Å². The molecule has 2 unspecified atom stereocenters. The summed E-state index contributed by atoms with van der Waals surface area (Å²) in [5.74, 6) is -4.62. The van der Waals surface area contributed by atoms with Crippen LogP contribution in [-0.2, 0) is 28.8 Å². The van der Waals surface area contributed by atoms with Gasteiger partial charge in [0.1, 0.15) is 0 Å². The molecule has 3 amide bonds. The van der Waals surface area contributed by atoms with E-state index in [4.69, 9.17) is 0 Å². The molecule has 0 radical (unpaired) electrons. The minimum Gasteiger partial charge on any atom is -0.344 e. The van der Waals surface area contributed by atoms with Gasteiger partial charge in [-0.1, -0.05) is 79.7 Å². The number of carbonyl (C=O) groups excluding carboxylic acids is 3. The molecule has 0 saturated carbocycles. The number of alkyl halides is 2. The lowest BCUT2D eigenvalue weighted by Crippen LogP contribution is -2.51. The average molecular weight is 502 g/mol. The number of halogens is 2. The molecule has 1 heterocycles. The standard InChI is InChI=1S/C24H20F2N2O6S/c1-15-12-13-18(14-15)27-23(31)24(25,26)35(32,33)34-28-21(29)19(16-8-4-2-5-9-16)20(22(28)30)17-10-6-3-7-11-17/h2-13,15,18H,14H2,1H3,(H,27,31). The lowest BCUT2D eigenvalue weighted by Gasteiger charge is -2.21. The number of hydroxylamine groups is 2. The Morgan fingerprint density at radius 1 is 0.943 bits per heavy atom. The topological polar surface area (TPSA) is 110 Å².